The van der Waals surface area contributed by atoms with Gasteiger partial charge in [0.05, 0.1) is 13.2 Å². The Hall–Kier alpha value is -1.48. The van der Waals surface area contributed by atoms with E-state index < -0.39 is 31.8 Å². The number of hydrogen-bond acceptors (Lipinski definition) is 4. The number of hydrogen-bond donors (Lipinski definition) is 0. The van der Waals surface area contributed by atoms with Crippen LogP contribution in [0.4, 0.5) is 4.79 Å². The van der Waals surface area contributed by atoms with Gasteiger partial charge in [-0.15, -0.1) is 5.54 Å². The highest BCUT2D eigenvalue weighted by Crippen LogP contribution is 2.27. The largest absolute Gasteiger partial charge is 0.467 e. The van der Waals surface area contributed by atoms with Gasteiger partial charge in [0.1, 0.15) is 19.7 Å². The second-order valence-electron chi connectivity index (χ2n) is 7.54. The summed E-state index contributed by atoms with van der Waals surface area (Å²) in [5.41, 5.74) is 2.66. The zero-order valence-electron chi connectivity index (χ0n) is 14.6. The Morgan fingerprint density at radius 3 is 2.23 bits per heavy atom. The molecule has 0 unspecified atom stereocenters. The Labute approximate surface area is 134 Å². The maximum atomic E-state index is 12.5. The zero-order valence-corrected chi connectivity index (χ0v) is 15.6. The number of carbonyl (C=O) groups is 2. The van der Waals surface area contributed by atoms with Crippen molar-refractivity contribution in [3.63, 3.8) is 0 Å². The van der Waals surface area contributed by atoms with Gasteiger partial charge in [-0.05, 0) is 33.6 Å². The summed E-state index contributed by atoms with van der Waals surface area (Å²) in [4.78, 5) is 25.8. The van der Waals surface area contributed by atoms with Crippen LogP contribution in [0, 0.1) is 11.5 Å². The predicted molar refractivity (Wildman–Crippen MR) is 88.0 cm³/mol. The summed E-state index contributed by atoms with van der Waals surface area (Å²) in [5.74, 6) is 2.76. The molecule has 0 aromatic heterocycles. The molecule has 0 aromatic carbocycles. The molecule has 0 bridgehead atoms. The number of amides is 1. The van der Waals surface area contributed by atoms with E-state index in [1.807, 2.05) is 0 Å². The summed E-state index contributed by atoms with van der Waals surface area (Å²) in [6.07, 6.45) is 0.711. The number of methoxy groups -OCH3 is 1. The average Bonchev–Trinajstić information content (AvgIpc) is 2.76. The predicted octanol–water partition coefficient (Wildman–Crippen LogP) is 2.81. The molecule has 1 amide bonds. The first-order valence-electron chi connectivity index (χ1n) is 7.56. The van der Waals surface area contributed by atoms with Crippen LogP contribution in [0.3, 0.4) is 0 Å². The number of carbonyl (C=O) groups excluding carboxylic acids is 2. The van der Waals surface area contributed by atoms with Gasteiger partial charge in [-0.3, -0.25) is 4.90 Å². The molecule has 1 heterocycles. The number of ether oxygens (including phenoxy) is 2. The van der Waals surface area contributed by atoms with Crippen LogP contribution in [0.15, 0.2) is 0 Å². The lowest BCUT2D eigenvalue weighted by Gasteiger charge is -2.29. The molecule has 1 rings (SSSR count). The molecule has 6 heteroatoms. The van der Waals surface area contributed by atoms with Gasteiger partial charge >= 0.3 is 12.1 Å². The molecule has 5 nitrogen and oxygen atoms in total. The number of rotatable bonds is 1. The van der Waals surface area contributed by atoms with Crippen molar-refractivity contribution in [3.8, 4) is 11.5 Å². The van der Waals surface area contributed by atoms with E-state index in [0.717, 1.165) is 0 Å². The zero-order chi connectivity index (χ0) is 17.1. The summed E-state index contributed by atoms with van der Waals surface area (Å²) in [6.45, 7) is 11.8. The molecule has 0 aliphatic carbocycles. The van der Waals surface area contributed by atoms with Crippen molar-refractivity contribution in [3.05, 3.63) is 0 Å². The monoisotopic (exact) mass is 325 g/mol. The maximum Gasteiger partial charge on any atom is 0.412 e. The Kier molecular flexibility index (Phi) is 5.69. The molecule has 1 aliphatic heterocycles. The molecule has 124 valence electrons. The smallest absolute Gasteiger partial charge is 0.412 e. The molecule has 1 saturated heterocycles. The van der Waals surface area contributed by atoms with E-state index >= 15 is 0 Å². The van der Waals surface area contributed by atoms with Crippen LogP contribution in [-0.4, -0.2) is 49.8 Å². The van der Waals surface area contributed by atoms with Crippen LogP contribution in [0.25, 0.3) is 0 Å². The van der Waals surface area contributed by atoms with Crippen molar-refractivity contribution in [2.45, 2.75) is 70.9 Å². The fourth-order valence-corrected chi connectivity index (χ4v) is 2.79. The van der Waals surface area contributed by atoms with Crippen LogP contribution < -0.4 is 0 Å². The van der Waals surface area contributed by atoms with Crippen molar-refractivity contribution >= 4 is 20.1 Å². The van der Waals surface area contributed by atoms with E-state index in [1.54, 1.807) is 20.8 Å². The summed E-state index contributed by atoms with van der Waals surface area (Å²) >= 11 is 0. The maximum absolute atomic E-state index is 12.5. The van der Waals surface area contributed by atoms with Crippen LogP contribution in [0.2, 0.25) is 19.6 Å². The van der Waals surface area contributed by atoms with Gasteiger partial charge in [0.25, 0.3) is 0 Å². The van der Waals surface area contributed by atoms with Gasteiger partial charge in [-0.1, -0.05) is 25.6 Å². The van der Waals surface area contributed by atoms with Crippen LogP contribution >= 0.6 is 0 Å². The normalized spacial score (nSPS) is 21.9. The van der Waals surface area contributed by atoms with Crippen LogP contribution in [0.1, 0.15) is 33.6 Å². The summed E-state index contributed by atoms with van der Waals surface area (Å²) in [5, 5.41) is 0. The van der Waals surface area contributed by atoms with Crippen molar-refractivity contribution < 1.29 is 19.1 Å². The quantitative estimate of drug-likeness (QED) is 0.422. The second kappa shape index (κ2) is 6.74. The standard InChI is InChI=1S/C16H27NO4Si/c1-16(2,3)21-15(19)17-12(10-11-22(5,6)7)8-9-13(17)14(18)20-4/h12-13H,8-9H2,1-7H3/t12-,13-/m0/s1. The lowest BCUT2D eigenvalue weighted by atomic mass is 10.2. The highest BCUT2D eigenvalue weighted by Gasteiger charge is 2.43. The third-order valence-electron chi connectivity index (χ3n) is 3.08. The van der Waals surface area contributed by atoms with E-state index in [0.29, 0.717) is 12.8 Å². The van der Waals surface area contributed by atoms with Crippen molar-refractivity contribution in [2.24, 2.45) is 0 Å². The molecule has 0 N–H and O–H groups in total. The van der Waals surface area contributed by atoms with E-state index in [1.165, 1.54) is 12.0 Å². The van der Waals surface area contributed by atoms with Gasteiger partial charge in [-0.25, -0.2) is 9.59 Å². The summed E-state index contributed by atoms with van der Waals surface area (Å²) < 4.78 is 10.2. The molecule has 0 spiro atoms. The highest BCUT2D eigenvalue weighted by atomic mass is 28.3. The van der Waals surface area contributed by atoms with Crippen molar-refractivity contribution in [1.82, 2.24) is 4.90 Å². The minimum absolute atomic E-state index is 0.286. The third-order valence-corrected chi connectivity index (χ3v) is 3.97. The number of nitrogens with zero attached hydrogens (tertiary/aromatic N) is 1. The van der Waals surface area contributed by atoms with E-state index in [9.17, 15) is 9.59 Å². The fraction of sp³-hybridized carbons (Fsp3) is 0.750. The second-order valence-corrected chi connectivity index (χ2v) is 12.3. The highest BCUT2D eigenvalue weighted by molar-refractivity contribution is 6.83. The first kappa shape index (κ1) is 18.6. The molecule has 0 radical (unpaired) electrons. The minimum atomic E-state index is -1.55. The number of esters is 1. The molecule has 1 aliphatic rings. The van der Waals surface area contributed by atoms with Crippen LogP contribution in [0.5, 0.6) is 0 Å². The van der Waals surface area contributed by atoms with Crippen LogP contribution in [-0.2, 0) is 14.3 Å². The topological polar surface area (TPSA) is 55.8 Å². The Morgan fingerprint density at radius 1 is 1.18 bits per heavy atom. The molecule has 0 aromatic rings. The fourth-order valence-electron chi connectivity index (χ4n) is 2.19. The van der Waals surface area contributed by atoms with E-state index in [4.69, 9.17) is 9.47 Å². The van der Waals surface area contributed by atoms with Gasteiger partial charge in [0.15, 0.2) is 0 Å². The Bertz CT molecular complexity index is 493. The van der Waals surface area contributed by atoms with E-state index in [2.05, 4.69) is 31.1 Å². The lowest BCUT2D eigenvalue weighted by Crippen LogP contribution is -2.47. The van der Waals surface area contributed by atoms with Gasteiger partial charge in [-0.2, -0.15) is 0 Å². The Balaban J connectivity index is 3.04. The summed E-state index contributed by atoms with van der Waals surface area (Å²) in [6, 6.07) is -0.897. The third kappa shape index (κ3) is 5.37. The molecule has 0 saturated carbocycles. The Morgan fingerprint density at radius 2 is 1.77 bits per heavy atom. The molecule has 2 atom stereocenters. The SMILES string of the molecule is COC(=O)[C@@H]1CC[C@@H](C#C[Si](C)(C)C)N1C(=O)OC(C)(C)C. The molecule has 22 heavy (non-hydrogen) atoms. The minimum Gasteiger partial charge on any atom is -0.467 e. The van der Waals surface area contributed by atoms with Crippen molar-refractivity contribution in [2.75, 3.05) is 7.11 Å². The van der Waals surface area contributed by atoms with Gasteiger partial charge in [0.2, 0.25) is 0 Å². The lowest BCUT2D eigenvalue weighted by molar-refractivity contribution is -0.145. The molecular formula is C16H27NO4Si. The molecule has 1 fully saturated rings. The summed E-state index contributed by atoms with van der Waals surface area (Å²) in [7, 11) is -0.219. The first-order chi connectivity index (χ1) is 9.94. The van der Waals surface area contributed by atoms with Crippen molar-refractivity contribution in [1.29, 1.82) is 0 Å². The van der Waals surface area contributed by atoms with Gasteiger partial charge < -0.3 is 9.47 Å². The average molecular weight is 325 g/mol. The van der Waals surface area contributed by atoms with E-state index in [-0.39, 0.29) is 6.04 Å². The number of likely N-dealkylation sites (tertiary alicyclic amines) is 1. The first-order valence-corrected chi connectivity index (χ1v) is 11.1. The molecular weight excluding hydrogens is 298 g/mol. The van der Waals surface area contributed by atoms with Gasteiger partial charge in [0, 0.05) is 0 Å².